The van der Waals surface area contributed by atoms with Crippen LogP contribution in [-0.2, 0) is 0 Å². The summed E-state index contributed by atoms with van der Waals surface area (Å²) >= 11 is 0. The van der Waals surface area contributed by atoms with E-state index in [2.05, 4.69) is 18.7 Å². The van der Waals surface area contributed by atoms with Crippen molar-refractivity contribution in [3.63, 3.8) is 0 Å². The Morgan fingerprint density at radius 3 is 2.42 bits per heavy atom. The van der Waals surface area contributed by atoms with Crippen LogP contribution in [-0.4, -0.2) is 0 Å². The fourth-order valence-electron chi connectivity index (χ4n) is 0.929. The minimum Gasteiger partial charge on any atom is -0.197 e. The Kier molecular flexibility index (Phi) is 4.36. The Hall–Kier alpha value is -1.03. The van der Waals surface area contributed by atoms with Crippen LogP contribution in [0.15, 0.2) is 24.3 Å². The molecule has 0 amide bonds. The Balaban J connectivity index is 4.45. The third kappa shape index (κ3) is 2.92. The lowest BCUT2D eigenvalue weighted by Crippen LogP contribution is -2.12. The van der Waals surface area contributed by atoms with E-state index in [1.165, 1.54) is 5.57 Å². The second-order valence-electron chi connectivity index (χ2n) is 3.31. The second-order valence-corrected chi connectivity index (χ2v) is 3.31. The Morgan fingerprint density at radius 1 is 1.58 bits per heavy atom. The van der Waals surface area contributed by atoms with Gasteiger partial charge in [0.2, 0.25) is 0 Å². The van der Waals surface area contributed by atoms with Crippen molar-refractivity contribution < 1.29 is 0 Å². The first-order valence-electron chi connectivity index (χ1n) is 4.28. The summed E-state index contributed by atoms with van der Waals surface area (Å²) in [5, 5.41) is 8.94. The fraction of sp³-hybridized carbons (Fsp3) is 0.545. The minimum absolute atomic E-state index is 0.350. The van der Waals surface area contributed by atoms with Crippen LogP contribution in [0, 0.1) is 16.7 Å². The zero-order chi connectivity index (χ0) is 9.61. The van der Waals surface area contributed by atoms with E-state index in [4.69, 9.17) is 5.26 Å². The molecule has 12 heavy (non-hydrogen) atoms. The van der Waals surface area contributed by atoms with Gasteiger partial charge in [-0.1, -0.05) is 24.6 Å². The number of nitriles is 1. The first kappa shape index (κ1) is 11.0. The molecular weight excluding hydrogens is 146 g/mol. The number of allylic oxidation sites excluding steroid dienone is 3. The second kappa shape index (κ2) is 4.77. The standard InChI is InChI=1S/C11H17N/c1-5-11(6-2,9-12)8-7-10(3)4/h5,7H,1,6,8H2,2-4H3. The van der Waals surface area contributed by atoms with Gasteiger partial charge in [-0.25, -0.2) is 0 Å². The molecule has 0 saturated heterocycles. The summed E-state index contributed by atoms with van der Waals surface area (Å²) in [4.78, 5) is 0. The van der Waals surface area contributed by atoms with Gasteiger partial charge in [0.1, 0.15) is 0 Å². The molecule has 0 radical (unpaired) electrons. The van der Waals surface area contributed by atoms with E-state index in [-0.39, 0.29) is 5.41 Å². The maximum Gasteiger partial charge on any atom is 0.0782 e. The van der Waals surface area contributed by atoms with Gasteiger partial charge in [0.05, 0.1) is 11.5 Å². The molecule has 0 aliphatic rings. The number of hydrogen-bond acceptors (Lipinski definition) is 1. The summed E-state index contributed by atoms with van der Waals surface area (Å²) in [5.74, 6) is 0. The molecule has 0 saturated carbocycles. The molecule has 1 heteroatoms. The number of hydrogen-bond donors (Lipinski definition) is 0. The van der Waals surface area contributed by atoms with Crippen molar-refractivity contribution in [3.8, 4) is 6.07 Å². The summed E-state index contributed by atoms with van der Waals surface area (Å²) in [6.07, 6.45) is 5.46. The van der Waals surface area contributed by atoms with Crippen LogP contribution >= 0.6 is 0 Å². The van der Waals surface area contributed by atoms with Crippen LogP contribution < -0.4 is 0 Å². The highest BCUT2D eigenvalue weighted by Crippen LogP contribution is 2.27. The zero-order valence-electron chi connectivity index (χ0n) is 8.22. The summed E-state index contributed by atoms with van der Waals surface area (Å²) in [6.45, 7) is 9.80. The van der Waals surface area contributed by atoms with Crippen LogP contribution in [0.3, 0.4) is 0 Å². The first-order chi connectivity index (χ1) is 5.60. The van der Waals surface area contributed by atoms with Crippen molar-refractivity contribution in [2.45, 2.75) is 33.6 Å². The monoisotopic (exact) mass is 163 g/mol. The molecule has 0 spiro atoms. The van der Waals surface area contributed by atoms with Crippen molar-refractivity contribution in [1.82, 2.24) is 0 Å². The van der Waals surface area contributed by atoms with E-state index in [1.807, 2.05) is 20.8 Å². The first-order valence-corrected chi connectivity index (χ1v) is 4.28. The molecule has 66 valence electrons. The number of nitrogens with zero attached hydrogens (tertiary/aromatic N) is 1. The van der Waals surface area contributed by atoms with Gasteiger partial charge in [-0.3, -0.25) is 0 Å². The van der Waals surface area contributed by atoms with Crippen LogP contribution in [0.5, 0.6) is 0 Å². The van der Waals surface area contributed by atoms with Gasteiger partial charge in [0.25, 0.3) is 0 Å². The van der Waals surface area contributed by atoms with Crippen LogP contribution in [0.4, 0.5) is 0 Å². The minimum atomic E-state index is -0.350. The number of rotatable bonds is 4. The van der Waals surface area contributed by atoms with E-state index >= 15 is 0 Å². The molecule has 0 aromatic rings. The Morgan fingerprint density at radius 2 is 2.17 bits per heavy atom. The van der Waals surface area contributed by atoms with Crippen LogP contribution in [0.2, 0.25) is 0 Å². The third-order valence-corrected chi connectivity index (χ3v) is 2.12. The van der Waals surface area contributed by atoms with E-state index in [0.29, 0.717) is 0 Å². The Labute approximate surface area is 75.4 Å². The molecule has 0 bridgehead atoms. The van der Waals surface area contributed by atoms with E-state index in [9.17, 15) is 0 Å². The molecule has 1 atom stereocenters. The van der Waals surface area contributed by atoms with Gasteiger partial charge in [-0.2, -0.15) is 5.26 Å². The van der Waals surface area contributed by atoms with Gasteiger partial charge in [-0.15, -0.1) is 6.58 Å². The SMILES string of the molecule is C=CC(C#N)(CC)CC=C(C)C. The van der Waals surface area contributed by atoms with Crippen molar-refractivity contribution >= 4 is 0 Å². The van der Waals surface area contributed by atoms with Crippen molar-refractivity contribution in [2.24, 2.45) is 5.41 Å². The molecule has 0 aliphatic carbocycles. The summed E-state index contributed by atoms with van der Waals surface area (Å²) in [5.41, 5.74) is 0.905. The summed E-state index contributed by atoms with van der Waals surface area (Å²) < 4.78 is 0. The molecule has 0 fully saturated rings. The molecule has 0 aliphatic heterocycles. The van der Waals surface area contributed by atoms with Crippen LogP contribution in [0.25, 0.3) is 0 Å². The van der Waals surface area contributed by atoms with E-state index in [1.54, 1.807) is 6.08 Å². The highest BCUT2D eigenvalue weighted by atomic mass is 14.3. The van der Waals surface area contributed by atoms with E-state index in [0.717, 1.165) is 12.8 Å². The smallest absolute Gasteiger partial charge is 0.0782 e. The average Bonchev–Trinajstić information content (AvgIpc) is 2.08. The quantitative estimate of drug-likeness (QED) is 0.582. The largest absolute Gasteiger partial charge is 0.197 e. The predicted molar refractivity (Wildman–Crippen MR) is 52.6 cm³/mol. The molecule has 1 nitrogen and oxygen atoms in total. The topological polar surface area (TPSA) is 23.8 Å². The fourth-order valence-corrected chi connectivity index (χ4v) is 0.929. The lowest BCUT2D eigenvalue weighted by atomic mass is 9.83. The highest BCUT2D eigenvalue weighted by Gasteiger charge is 2.21. The maximum atomic E-state index is 8.94. The van der Waals surface area contributed by atoms with Gasteiger partial charge < -0.3 is 0 Å². The Bertz CT molecular complexity index is 216. The summed E-state index contributed by atoms with van der Waals surface area (Å²) in [6, 6.07) is 2.31. The third-order valence-electron chi connectivity index (χ3n) is 2.12. The normalized spacial score (nSPS) is 14.2. The molecule has 1 unspecified atom stereocenters. The summed E-state index contributed by atoms with van der Waals surface area (Å²) in [7, 11) is 0. The predicted octanol–water partition coefficient (Wildman–Crippen LogP) is 3.45. The molecule has 0 heterocycles. The molecule has 0 aromatic carbocycles. The zero-order valence-corrected chi connectivity index (χ0v) is 8.22. The molecule has 0 rings (SSSR count). The maximum absolute atomic E-state index is 8.94. The lowest BCUT2D eigenvalue weighted by molar-refractivity contribution is 0.495. The van der Waals surface area contributed by atoms with Crippen molar-refractivity contribution in [1.29, 1.82) is 5.26 Å². The van der Waals surface area contributed by atoms with E-state index < -0.39 is 0 Å². The molecular formula is C11H17N. The van der Waals surface area contributed by atoms with Crippen molar-refractivity contribution in [2.75, 3.05) is 0 Å². The molecule has 0 aromatic heterocycles. The van der Waals surface area contributed by atoms with Gasteiger partial charge in [0, 0.05) is 0 Å². The molecule has 0 N–H and O–H groups in total. The van der Waals surface area contributed by atoms with Gasteiger partial charge in [0.15, 0.2) is 0 Å². The van der Waals surface area contributed by atoms with Crippen LogP contribution in [0.1, 0.15) is 33.6 Å². The lowest BCUT2D eigenvalue weighted by Gasteiger charge is -2.18. The van der Waals surface area contributed by atoms with Gasteiger partial charge in [-0.05, 0) is 26.7 Å². The average molecular weight is 163 g/mol. The van der Waals surface area contributed by atoms with Gasteiger partial charge >= 0.3 is 0 Å². The van der Waals surface area contributed by atoms with Crippen molar-refractivity contribution in [3.05, 3.63) is 24.3 Å². The highest BCUT2D eigenvalue weighted by molar-refractivity contribution is 5.13.